The van der Waals surface area contributed by atoms with Crippen molar-refractivity contribution in [1.82, 2.24) is 0 Å². The highest BCUT2D eigenvalue weighted by molar-refractivity contribution is 7.90. The molecule has 60 valence electrons. The van der Waals surface area contributed by atoms with Crippen LogP contribution in [0.3, 0.4) is 0 Å². The van der Waals surface area contributed by atoms with Crippen molar-refractivity contribution in [1.29, 1.82) is 0 Å². The summed E-state index contributed by atoms with van der Waals surface area (Å²) in [5.41, 5.74) is -0.256. The first-order valence-electron chi connectivity index (χ1n) is 3.26. The molecule has 1 N–H and O–H groups in total. The Bertz CT molecular complexity index is 213. The molecular formula is C6H12O3S. The summed E-state index contributed by atoms with van der Waals surface area (Å²) in [6.45, 7) is 0.0140. The van der Waals surface area contributed by atoms with E-state index in [4.69, 9.17) is 5.11 Å². The third kappa shape index (κ3) is 1.95. The molecule has 1 saturated carbocycles. The highest BCUT2D eigenvalue weighted by Crippen LogP contribution is 2.45. The lowest BCUT2D eigenvalue weighted by atomic mass is 10.2. The first kappa shape index (κ1) is 8.01. The summed E-state index contributed by atoms with van der Waals surface area (Å²) in [6, 6.07) is 0. The average Bonchev–Trinajstić information content (AvgIpc) is 2.45. The molecule has 0 aromatic heterocycles. The van der Waals surface area contributed by atoms with Crippen LogP contribution in [0.25, 0.3) is 0 Å². The van der Waals surface area contributed by atoms with Crippen molar-refractivity contribution in [3.63, 3.8) is 0 Å². The molecule has 3 nitrogen and oxygen atoms in total. The molecular weight excluding hydrogens is 152 g/mol. The van der Waals surface area contributed by atoms with Crippen molar-refractivity contribution >= 4 is 9.84 Å². The maximum Gasteiger partial charge on any atom is 0.148 e. The van der Waals surface area contributed by atoms with E-state index in [0.717, 1.165) is 12.8 Å². The molecule has 1 aliphatic rings. The van der Waals surface area contributed by atoms with Crippen LogP contribution < -0.4 is 0 Å². The molecule has 0 bridgehead atoms. The smallest absolute Gasteiger partial charge is 0.148 e. The fourth-order valence-corrected chi connectivity index (χ4v) is 2.57. The largest absolute Gasteiger partial charge is 0.396 e. The molecule has 0 aliphatic heterocycles. The van der Waals surface area contributed by atoms with Crippen LogP contribution in [0.2, 0.25) is 0 Å². The third-order valence-corrected chi connectivity index (χ3v) is 3.00. The normalized spacial score (nSPS) is 22.6. The zero-order valence-electron chi connectivity index (χ0n) is 6.00. The van der Waals surface area contributed by atoms with Gasteiger partial charge < -0.3 is 5.11 Å². The Labute approximate surface area is 61.0 Å². The molecule has 0 aromatic carbocycles. The Hall–Kier alpha value is -0.0900. The van der Waals surface area contributed by atoms with E-state index in [-0.39, 0.29) is 17.8 Å². The van der Waals surface area contributed by atoms with Gasteiger partial charge in [-0.25, -0.2) is 8.42 Å². The summed E-state index contributed by atoms with van der Waals surface area (Å²) >= 11 is 0. The number of hydrogen-bond acceptors (Lipinski definition) is 3. The lowest BCUT2D eigenvalue weighted by molar-refractivity contribution is 0.226. The molecule has 0 atom stereocenters. The minimum Gasteiger partial charge on any atom is -0.396 e. The average molecular weight is 164 g/mol. The van der Waals surface area contributed by atoms with Gasteiger partial charge in [0.1, 0.15) is 9.84 Å². The van der Waals surface area contributed by atoms with Gasteiger partial charge in [0.15, 0.2) is 0 Å². The van der Waals surface area contributed by atoms with Crippen molar-refractivity contribution in [3.8, 4) is 0 Å². The van der Waals surface area contributed by atoms with Crippen LogP contribution in [0.1, 0.15) is 12.8 Å². The number of aliphatic hydroxyl groups excluding tert-OH is 1. The molecule has 0 radical (unpaired) electrons. The quantitative estimate of drug-likeness (QED) is 0.628. The highest BCUT2D eigenvalue weighted by atomic mass is 32.2. The second-order valence-corrected chi connectivity index (χ2v) is 5.37. The van der Waals surface area contributed by atoms with Gasteiger partial charge >= 0.3 is 0 Å². The second-order valence-electron chi connectivity index (χ2n) is 3.23. The van der Waals surface area contributed by atoms with E-state index in [1.165, 1.54) is 6.26 Å². The predicted molar refractivity (Wildman–Crippen MR) is 38.5 cm³/mol. The Morgan fingerprint density at radius 1 is 1.50 bits per heavy atom. The van der Waals surface area contributed by atoms with E-state index in [0.29, 0.717) is 0 Å². The van der Waals surface area contributed by atoms with Crippen LogP contribution >= 0.6 is 0 Å². The van der Waals surface area contributed by atoms with Crippen LogP contribution in [0.4, 0.5) is 0 Å². The van der Waals surface area contributed by atoms with E-state index >= 15 is 0 Å². The first-order chi connectivity index (χ1) is 4.47. The van der Waals surface area contributed by atoms with E-state index in [1.807, 2.05) is 0 Å². The lowest BCUT2D eigenvalue weighted by Crippen LogP contribution is -2.19. The van der Waals surface area contributed by atoms with E-state index in [2.05, 4.69) is 0 Å². The summed E-state index contributed by atoms with van der Waals surface area (Å²) in [6.07, 6.45) is 2.93. The van der Waals surface area contributed by atoms with Crippen molar-refractivity contribution in [2.24, 2.45) is 5.41 Å². The fraction of sp³-hybridized carbons (Fsp3) is 1.00. The maximum atomic E-state index is 10.7. The summed E-state index contributed by atoms with van der Waals surface area (Å²) < 4.78 is 21.5. The van der Waals surface area contributed by atoms with E-state index in [9.17, 15) is 8.42 Å². The molecule has 0 heterocycles. The van der Waals surface area contributed by atoms with Gasteiger partial charge in [0.2, 0.25) is 0 Å². The molecule has 0 unspecified atom stereocenters. The van der Waals surface area contributed by atoms with Gasteiger partial charge in [-0.1, -0.05) is 0 Å². The monoisotopic (exact) mass is 164 g/mol. The Balaban J connectivity index is 2.54. The zero-order valence-corrected chi connectivity index (χ0v) is 6.82. The van der Waals surface area contributed by atoms with Crippen molar-refractivity contribution in [2.45, 2.75) is 12.8 Å². The Morgan fingerprint density at radius 2 is 2.00 bits per heavy atom. The van der Waals surface area contributed by atoms with Gasteiger partial charge in [0.25, 0.3) is 0 Å². The summed E-state index contributed by atoms with van der Waals surface area (Å²) in [4.78, 5) is 0. The highest BCUT2D eigenvalue weighted by Gasteiger charge is 2.44. The number of rotatable bonds is 3. The molecule has 4 heteroatoms. The second kappa shape index (κ2) is 2.20. The van der Waals surface area contributed by atoms with Gasteiger partial charge in [-0.2, -0.15) is 0 Å². The Morgan fingerprint density at radius 3 is 2.10 bits per heavy atom. The lowest BCUT2D eigenvalue weighted by Gasteiger charge is -2.07. The zero-order chi connectivity index (χ0) is 7.83. The molecule has 0 spiro atoms. The Kier molecular flexibility index (Phi) is 1.76. The number of hydrogen-bond donors (Lipinski definition) is 1. The molecule has 0 saturated heterocycles. The van der Waals surface area contributed by atoms with Crippen LogP contribution in [0, 0.1) is 5.41 Å². The predicted octanol–water partition coefficient (Wildman–Crippen LogP) is -0.197. The van der Waals surface area contributed by atoms with Crippen LogP contribution in [-0.4, -0.2) is 32.1 Å². The minimum atomic E-state index is -2.89. The molecule has 1 fully saturated rings. The van der Waals surface area contributed by atoms with Crippen molar-refractivity contribution in [2.75, 3.05) is 18.6 Å². The topological polar surface area (TPSA) is 54.4 Å². The summed E-state index contributed by atoms with van der Waals surface area (Å²) in [5, 5.41) is 8.76. The van der Waals surface area contributed by atoms with Gasteiger partial charge in [-0.05, 0) is 12.8 Å². The van der Waals surface area contributed by atoms with E-state index in [1.54, 1.807) is 0 Å². The van der Waals surface area contributed by atoms with Gasteiger partial charge in [0, 0.05) is 18.3 Å². The fourth-order valence-electron chi connectivity index (χ4n) is 1.08. The molecule has 1 rings (SSSR count). The van der Waals surface area contributed by atoms with Crippen LogP contribution in [-0.2, 0) is 9.84 Å². The molecule has 0 amide bonds. The van der Waals surface area contributed by atoms with Crippen LogP contribution in [0.15, 0.2) is 0 Å². The third-order valence-electron chi connectivity index (χ3n) is 1.86. The van der Waals surface area contributed by atoms with Gasteiger partial charge in [0.05, 0.1) is 5.75 Å². The molecule has 0 aromatic rings. The molecule has 1 aliphatic carbocycles. The van der Waals surface area contributed by atoms with Gasteiger partial charge in [-0.15, -0.1) is 0 Å². The summed E-state index contributed by atoms with van der Waals surface area (Å²) in [5.74, 6) is 0.149. The van der Waals surface area contributed by atoms with Crippen LogP contribution in [0.5, 0.6) is 0 Å². The minimum absolute atomic E-state index is 0.0140. The standard InChI is InChI=1S/C6H12O3S/c1-10(8,9)5-6(4-7)2-3-6/h7H,2-5H2,1H3. The SMILES string of the molecule is CS(=O)(=O)CC1(CO)CC1. The summed E-state index contributed by atoms with van der Waals surface area (Å²) in [7, 11) is -2.89. The molecule has 10 heavy (non-hydrogen) atoms. The van der Waals surface area contributed by atoms with E-state index < -0.39 is 9.84 Å². The van der Waals surface area contributed by atoms with Gasteiger partial charge in [-0.3, -0.25) is 0 Å². The van der Waals surface area contributed by atoms with Crippen molar-refractivity contribution < 1.29 is 13.5 Å². The van der Waals surface area contributed by atoms with Crippen molar-refractivity contribution in [3.05, 3.63) is 0 Å². The maximum absolute atomic E-state index is 10.7. The number of aliphatic hydroxyl groups is 1. The number of sulfone groups is 1. The first-order valence-corrected chi connectivity index (χ1v) is 5.32.